The van der Waals surface area contributed by atoms with Crippen LogP contribution in [0.2, 0.25) is 5.02 Å². The number of hydrogen-bond donors (Lipinski definition) is 2. The number of carboxylic acid groups (broad SMARTS) is 1. The number of carbonyl (C=O) groups is 1. The zero-order chi connectivity index (χ0) is 24.3. The molecule has 2 aromatic carbocycles. The number of rotatable bonds is 7. The number of aliphatic carboxylic acids is 1. The van der Waals surface area contributed by atoms with Gasteiger partial charge in [0.1, 0.15) is 12.4 Å². The fourth-order valence-electron chi connectivity index (χ4n) is 3.60. The first-order valence-corrected chi connectivity index (χ1v) is 10.8. The molecule has 0 radical (unpaired) electrons. The summed E-state index contributed by atoms with van der Waals surface area (Å²) in [4.78, 5) is 21.7. The quantitative estimate of drug-likeness (QED) is 0.462. The Morgan fingerprint density at radius 3 is 2.56 bits per heavy atom. The van der Waals surface area contributed by atoms with E-state index in [4.69, 9.17) is 21.4 Å². The van der Waals surface area contributed by atoms with Gasteiger partial charge in [-0.3, -0.25) is 4.79 Å². The van der Waals surface area contributed by atoms with Gasteiger partial charge in [0.25, 0.3) is 0 Å². The van der Waals surface area contributed by atoms with Crippen molar-refractivity contribution in [2.75, 3.05) is 23.4 Å². The summed E-state index contributed by atoms with van der Waals surface area (Å²) in [6, 6.07) is 12.0. The maximum absolute atomic E-state index is 12.9. The van der Waals surface area contributed by atoms with E-state index in [9.17, 15) is 18.0 Å². The number of ether oxygens (including phenoxy) is 1. The lowest BCUT2D eigenvalue weighted by Gasteiger charge is -2.31. The van der Waals surface area contributed by atoms with Gasteiger partial charge in [-0.25, -0.2) is 0 Å². The summed E-state index contributed by atoms with van der Waals surface area (Å²) in [5, 5.41) is 12.5. The molecule has 34 heavy (non-hydrogen) atoms. The highest BCUT2D eigenvalue weighted by molar-refractivity contribution is 6.33. The summed E-state index contributed by atoms with van der Waals surface area (Å²) in [6.45, 7) is 0.904. The van der Waals surface area contributed by atoms with Crippen LogP contribution in [0.15, 0.2) is 48.5 Å². The van der Waals surface area contributed by atoms with Gasteiger partial charge in [0, 0.05) is 17.8 Å². The van der Waals surface area contributed by atoms with Gasteiger partial charge in [-0.05, 0) is 42.8 Å². The van der Waals surface area contributed by atoms with Crippen molar-refractivity contribution >= 4 is 34.8 Å². The topological polar surface area (TPSA) is 87.6 Å². The van der Waals surface area contributed by atoms with Crippen LogP contribution >= 0.6 is 11.6 Å². The molecular weight excluding hydrogens is 473 g/mol. The van der Waals surface area contributed by atoms with E-state index in [1.165, 1.54) is 12.1 Å². The monoisotopic (exact) mass is 492 g/mol. The summed E-state index contributed by atoms with van der Waals surface area (Å²) in [7, 11) is 0. The highest BCUT2D eigenvalue weighted by Gasteiger charge is 2.30. The first-order chi connectivity index (χ1) is 16.2. The molecule has 7 nitrogen and oxygen atoms in total. The van der Waals surface area contributed by atoms with Crippen LogP contribution in [-0.2, 0) is 23.9 Å². The van der Waals surface area contributed by atoms with Crippen molar-refractivity contribution in [2.24, 2.45) is 0 Å². The van der Waals surface area contributed by atoms with Crippen LogP contribution in [0.3, 0.4) is 0 Å². The van der Waals surface area contributed by atoms with Gasteiger partial charge in [-0.2, -0.15) is 23.1 Å². The van der Waals surface area contributed by atoms with E-state index in [1.54, 1.807) is 6.07 Å². The van der Waals surface area contributed by atoms with Gasteiger partial charge in [0.05, 0.1) is 34.9 Å². The second kappa shape index (κ2) is 9.76. The third kappa shape index (κ3) is 5.51. The van der Waals surface area contributed by atoms with Crippen LogP contribution in [0, 0.1) is 0 Å². The third-order valence-electron chi connectivity index (χ3n) is 5.26. The Kier molecular flexibility index (Phi) is 6.78. The summed E-state index contributed by atoms with van der Waals surface area (Å²) in [5.41, 5.74) is 1.96. The molecule has 0 aliphatic carbocycles. The molecule has 178 valence electrons. The van der Waals surface area contributed by atoms with Crippen LogP contribution in [0.4, 0.5) is 30.4 Å². The highest BCUT2D eigenvalue weighted by atomic mass is 35.5. The van der Waals surface area contributed by atoms with Crippen LogP contribution in [0.25, 0.3) is 0 Å². The number of nitrogens with zero attached hydrogens (tertiary/aromatic N) is 3. The van der Waals surface area contributed by atoms with E-state index in [2.05, 4.69) is 20.2 Å². The highest BCUT2D eigenvalue weighted by Crippen LogP contribution is 2.34. The van der Waals surface area contributed by atoms with E-state index >= 15 is 0 Å². The lowest BCUT2D eigenvalue weighted by atomic mass is 10.0. The van der Waals surface area contributed by atoms with Crippen molar-refractivity contribution in [2.45, 2.75) is 25.6 Å². The van der Waals surface area contributed by atoms with Gasteiger partial charge in [0.2, 0.25) is 0 Å². The second-order valence-electron chi connectivity index (χ2n) is 7.60. The summed E-state index contributed by atoms with van der Waals surface area (Å²) in [6.07, 6.45) is -4.10. The van der Waals surface area contributed by atoms with Gasteiger partial charge in [-0.15, -0.1) is 0 Å². The molecule has 4 rings (SSSR count). The second-order valence-corrected chi connectivity index (χ2v) is 8.00. The number of alkyl halides is 3. The van der Waals surface area contributed by atoms with Crippen molar-refractivity contribution in [3.63, 3.8) is 0 Å². The zero-order valence-electron chi connectivity index (χ0n) is 17.8. The lowest BCUT2D eigenvalue weighted by Crippen LogP contribution is -2.32. The smallest absolute Gasteiger partial charge is 0.416 e. The molecule has 0 saturated heterocycles. The summed E-state index contributed by atoms with van der Waals surface area (Å²) < 4.78 is 44.1. The number of nitrogens with one attached hydrogen (secondary N) is 1. The number of halogens is 4. The van der Waals surface area contributed by atoms with Crippen molar-refractivity contribution < 1.29 is 27.8 Å². The number of fused-ring (bicyclic) bond motifs is 1. The molecule has 2 N–H and O–H groups in total. The Labute approximate surface area is 198 Å². The maximum atomic E-state index is 12.9. The van der Waals surface area contributed by atoms with E-state index < -0.39 is 17.7 Å². The minimum absolute atomic E-state index is 0.0181. The molecule has 0 amide bonds. The molecule has 1 aliphatic heterocycles. The predicted molar refractivity (Wildman–Crippen MR) is 121 cm³/mol. The minimum Gasteiger partial charge on any atom is -0.481 e. The number of benzene rings is 2. The Balaban J connectivity index is 1.63. The first-order valence-electron chi connectivity index (χ1n) is 10.4. The molecule has 0 unspecified atom stereocenters. The number of carboxylic acids is 1. The largest absolute Gasteiger partial charge is 0.481 e. The maximum Gasteiger partial charge on any atom is 0.416 e. The van der Waals surface area contributed by atoms with Gasteiger partial charge >= 0.3 is 18.2 Å². The third-order valence-corrected chi connectivity index (χ3v) is 5.58. The molecule has 3 aromatic rings. The van der Waals surface area contributed by atoms with Crippen molar-refractivity contribution in [3.8, 4) is 6.01 Å². The average Bonchev–Trinajstić information content (AvgIpc) is 2.78. The number of anilines is 3. The molecule has 2 heterocycles. The molecule has 0 bridgehead atoms. The van der Waals surface area contributed by atoms with E-state index in [0.717, 1.165) is 23.4 Å². The van der Waals surface area contributed by atoms with Gasteiger partial charge in [0.15, 0.2) is 0 Å². The SMILES string of the molecule is O=C(O)CCOc1nc2c(c(Nc3ccc(C(F)(F)F)cc3)n1)CCN(c1ccccc1Cl)C2. The van der Waals surface area contributed by atoms with Crippen LogP contribution in [0.5, 0.6) is 6.01 Å². The van der Waals surface area contributed by atoms with E-state index in [1.807, 2.05) is 18.2 Å². The Bertz CT molecular complexity index is 1190. The Morgan fingerprint density at radius 2 is 1.88 bits per heavy atom. The minimum atomic E-state index is -4.43. The molecule has 11 heteroatoms. The predicted octanol–water partition coefficient (Wildman–Crippen LogP) is 5.31. The Hall–Kier alpha value is -3.53. The van der Waals surface area contributed by atoms with Crippen molar-refractivity contribution in [3.05, 3.63) is 70.4 Å². The van der Waals surface area contributed by atoms with Crippen molar-refractivity contribution in [1.82, 2.24) is 9.97 Å². The van der Waals surface area contributed by atoms with Gasteiger partial charge in [-0.1, -0.05) is 23.7 Å². The fraction of sp³-hybridized carbons (Fsp3) is 0.261. The molecular formula is C23H20ClF3N4O3. The average molecular weight is 493 g/mol. The van der Waals surface area contributed by atoms with E-state index in [0.29, 0.717) is 41.7 Å². The Morgan fingerprint density at radius 1 is 1.15 bits per heavy atom. The van der Waals surface area contributed by atoms with Crippen LogP contribution in [-0.4, -0.2) is 34.2 Å². The zero-order valence-corrected chi connectivity index (χ0v) is 18.5. The summed E-state index contributed by atoms with van der Waals surface area (Å²) >= 11 is 6.35. The van der Waals surface area contributed by atoms with Crippen molar-refractivity contribution in [1.29, 1.82) is 0 Å². The van der Waals surface area contributed by atoms with Crippen LogP contribution in [0.1, 0.15) is 23.2 Å². The van der Waals surface area contributed by atoms with Crippen LogP contribution < -0.4 is 15.0 Å². The summed E-state index contributed by atoms with van der Waals surface area (Å²) in [5.74, 6) is -0.625. The standard InChI is InChI=1S/C23H20ClF3N4O3/c24-17-3-1-2-4-19(17)31-11-9-16-18(13-31)29-22(34-12-10-20(32)33)30-21(16)28-15-7-5-14(6-8-15)23(25,26)27/h1-8H,9-13H2,(H,32,33)(H,28,29,30). The van der Waals surface area contributed by atoms with Gasteiger partial charge < -0.3 is 20.1 Å². The normalized spacial score (nSPS) is 13.4. The fourth-order valence-corrected chi connectivity index (χ4v) is 3.85. The molecule has 1 aromatic heterocycles. The molecule has 0 atom stereocenters. The first kappa shape index (κ1) is 23.6. The lowest BCUT2D eigenvalue weighted by molar-refractivity contribution is -0.138. The molecule has 0 fully saturated rings. The number of para-hydroxylation sites is 1. The van der Waals surface area contributed by atoms with E-state index in [-0.39, 0.29) is 19.0 Å². The molecule has 0 saturated carbocycles. The number of hydrogen-bond acceptors (Lipinski definition) is 6. The molecule has 0 spiro atoms. The molecule has 1 aliphatic rings. The number of aromatic nitrogens is 2.